The summed E-state index contributed by atoms with van der Waals surface area (Å²) in [4.78, 5) is 16.3. The first-order chi connectivity index (χ1) is 11.3. The third-order valence-electron chi connectivity index (χ3n) is 4.10. The summed E-state index contributed by atoms with van der Waals surface area (Å²) in [5.41, 5.74) is 0.525. The van der Waals surface area contributed by atoms with Crippen molar-refractivity contribution in [2.75, 3.05) is 50.3 Å². The lowest BCUT2D eigenvalue weighted by atomic mass is 10.2. The number of piperazine rings is 1. The molecule has 1 aliphatic rings. The van der Waals surface area contributed by atoms with E-state index in [1.54, 1.807) is 24.3 Å². The van der Waals surface area contributed by atoms with Gasteiger partial charge in [0.1, 0.15) is 0 Å². The van der Waals surface area contributed by atoms with Crippen LogP contribution in [0.5, 0.6) is 0 Å². The molecule has 2 rings (SSSR count). The van der Waals surface area contributed by atoms with Crippen molar-refractivity contribution in [1.29, 1.82) is 0 Å². The van der Waals surface area contributed by atoms with E-state index in [-0.39, 0.29) is 12.5 Å². The van der Waals surface area contributed by atoms with Gasteiger partial charge in [-0.25, -0.2) is 8.42 Å². The van der Waals surface area contributed by atoms with Gasteiger partial charge in [-0.05, 0) is 31.7 Å². The van der Waals surface area contributed by atoms with Gasteiger partial charge in [0.2, 0.25) is 15.9 Å². The number of halogens is 1. The number of carbonyl (C=O) groups excluding carboxylic acids is 1. The van der Waals surface area contributed by atoms with Crippen molar-refractivity contribution < 1.29 is 13.2 Å². The zero-order valence-corrected chi connectivity index (χ0v) is 15.7. The fraction of sp³-hybridized carbons (Fsp3) is 0.562. The Hall–Kier alpha value is -1.31. The molecule has 0 atom stereocenters. The van der Waals surface area contributed by atoms with Gasteiger partial charge in [-0.15, -0.1) is 0 Å². The smallest absolute Gasteiger partial charge is 0.232 e. The number of amides is 1. The van der Waals surface area contributed by atoms with Crippen LogP contribution in [0.2, 0.25) is 5.02 Å². The van der Waals surface area contributed by atoms with Crippen LogP contribution in [0.25, 0.3) is 0 Å². The number of benzene rings is 1. The molecule has 1 amide bonds. The maximum absolute atomic E-state index is 12.2. The molecule has 1 aliphatic heterocycles. The van der Waals surface area contributed by atoms with E-state index in [1.807, 2.05) is 11.9 Å². The SMILES string of the molecule is CN1CCN(C(=O)CCCN(c2cccc(Cl)c2)S(C)(=O)=O)CC1. The molecule has 0 saturated carbocycles. The van der Waals surface area contributed by atoms with E-state index >= 15 is 0 Å². The van der Waals surface area contributed by atoms with E-state index in [0.717, 1.165) is 32.4 Å². The summed E-state index contributed by atoms with van der Waals surface area (Å²) in [7, 11) is -1.38. The highest BCUT2D eigenvalue weighted by atomic mass is 35.5. The minimum absolute atomic E-state index is 0.0858. The Labute approximate surface area is 149 Å². The summed E-state index contributed by atoms with van der Waals surface area (Å²) in [6.07, 6.45) is 1.98. The molecule has 0 unspecified atom stereocenters. The highest BCUT2D eigenvalue weighted by Gasteiger charge is 2.21. The number of hydrogen-bond acceptors (Lipinski definition) is 4. The second kappa shape index (κ2) is 8.18. The lowest BCUT2D eigenvalue weighted by molar-refractivity contribution is -0.132. The van der Waals surface area contributed by atoms with E-state index in [4.69, 9.17) is 11.6 Å². The van der Waals surface area contributed by atoms with Crippen molar-refractivity contribution in [3.8, 4) is 0 Å². The normalized spacial score (nSPS) is 16.2. The lowest BCUT2D eigenvalue weighted by Crippen LogP contribution is -2.47. The van der Waals surface area contributed by atoms with Crippen LogP contribution in [-0.4, -0.2) is 70.2 Å². The Morgan fingerprint density at radius 1 is 1.25 bits per heavy atom. The summed E-state index contributed by atoms with van der Waals surface area (Å²) in [5, 5.41) is 0.481. The third-order valence-corrected chi connectivity index (χ3v) is 5.53. The zero-order chi connectivity index (χ0) is 17.7. The Morgan fingerprint density at radius 2 is 1.92 bits per heavy atom. The second-order valence-electron chi connectivity index (χ2n) is 6.10. The van der Waals surface area contributed by atoms with Gasteiger partial charge in [0.05, 0.1) is 11.9 Å². The number of hydrogen-bond donors (Lipinski definition) is 0. The minimum Gasteiger partial charge on any atom is -0.340 e. The van der Waals surface area contributed by atoms with Crippen molar-refractivity contribution in [2.45, 2.75) is 12.8 Å². The molecule has 1 fully saturated rings. The molecule has 8 heteroatoms. The summed E-state index contributed by atoms with van der Waals surface area (Å²) in [6.45, 7) is 3.49. The number of nitrogens with zero attached hydrogens (tertiary/aromatic N) is 3. The fourth-order valence-corrected chi connectivity index (χ4v) is 3.85. The number of carbonyl (C=O) groups is 1. The Bertz CT molecular complexity index is 673. The second-order valence-corrected chi connectivity index (χ2v) is 8.45. The molecule has 0 spiro atoms. The molecule has 1 saturated heterocycles. The maximum atomic E-state index is 12.2. The summed E-state index contributed by atoms with van der Waals surface area (Å²) in [6, 6.07) is 6.73. The molecule has 1 aromatic rings. The Kier molecular flexibility index (Phi) is 6.48. The first-order valence-corrected chi connectivity index (χ1v) is 10.2. The van der Waals surface area contributed by atoms with Crippen molar-refractivity contribution in [3.05, 3.63) is 29.3 Å². The Balaban J connectivity index is 1.93. The molecule has 0 radical (unpaired) electrons. The number of sulfonamides is 1. The van der Waals surface area contributed by atoms with Gasteiger partial charge < -0.3 is 9.80 Å². The molecule has 0 bridgehead atoms. The van der Waals surface area contributed by atoms with Crippen molar-refractivity contribution in [3.63, 3.8) is 0 Å². The van der Waals surface area contributed by atoms with Crippen LogP contribution in [0.3, 0.4) is 0 Å². The van der Waals surface area contributed by atoms with Crippen LogP contribution >= 0.6 is 11.6 Å². The van der Waals surface area contributed by atoms with Crippen molar-refractivity contribution >= 4 is 33.2 Å². The molecular formula is C16H24ClN3O3S. The highest BCUT2D eigenvalue weighted by Crippen LogP contribution is 2.22. The van der Waals surface area contributed by atoms with E-state index in [1.165, 1.54) is 4.31 Å². The lowest BCUT2D eigenvalue weighted by Gasteiger charge is -2.32. The standard InChI is InChI=1S/C16H24ClN3O3S/c1-18-9-11-19(12-10-18)16(21)7-4-8-20(24(2,22)23)15-6-3-5-14(17)13-15/h3,5-6,13H,4,7-12H2,1-2H3. The molecule has 6 nitrogen and oxygen atoms in total. The predicted octanol–water partition coefficient (Wildman–Crippen LogP) is 1.66. The third kappa shape index (κ3) is 5.36. The van der Waals surface area contributed by atoms with E-state index < -0.39 is 10.0 Å². The average molecular weight is 374 g/mol. The Morgan fingerprint density at radius 3 is 2.50 bits per heavy atom. The maximum Gasteiger partial charge on any atom is 0.232 e. The van der Waals surface area contributed by atoms with Crippen molar-refractivity contribution in [2.24, 2.45) is 0 Å². The van der Waals surface area contributed by atoms with E-state index in [0.29, 0.717) is 23.6 Å². The summed E-state index contributed by atoms with van der Waals surface area (Å²) in [5.74, 6) is 0.0858. The van der Waals surface area contributed by atoms with Crippen LogP contribution in [0.4, 0.5) is 5.69 Å². The first kappa shape index (κ1) is 19.0. The van der Waals surface area contributed by atoms with Crippen LogP contribution in [0.15, 0.2) is 24.3 Å². The number of anilines is 1. The quantitative estimate of drug-likeness (QED) is 0.760. The number of likely N-dealkylation sites (N-methyl/N-ethyl adjacent to an activating group) is 1. The molecule has 134 valence electrons. The van der Waals surface area contributed by atoms with Crippen LogP contribution in [0.1, 0.15) is 12.8 Å². The van der Waals surface area contributed by atoms with Crippen LogP contribution in [0, 0.1) is 0 Å². The minimum atomic E-state index is -3.42. The van der Waals surface area contributed by atoms with Gasteiger partial charge >= 0.3 is 0 Å². The van der Waals surface area contributed by atoms with Crippen LogP contribution in [-0.2, 0) is 14.8 Å². The molecule has 0 aliphatic carbocycles. The van der Waals surface area contributed by atoms with Gasteiger partial charge in [0.25, 0.3) is 0 Å². The largest absolute Gasteiger partial charge is 0.340 e. The molecule has 24 heavy (non-hydrogen) atoms. The monoisotopic (exact) mass is 373 g/mol. The van der Waals surface area contributed by atoms with Gasteiger partial charge in [0.15, 0.2) is 0 Å². The fourth-order valence-electron chi connectivity index (χ4n) is 2.71. The number of rotatable bonds is 6. The van der Waals surface area contributed by atoms with Gasteiger partial charge in [-0.3, -0.25) is 9.10 Å². The van der Waals surface area contributed by atoms with Gasteiger partial charge in [-0.2, -0.15) is 0 Å². The van der Waals surface area contributed by atoms with Crippen molar-refractivity contribution in [1.82, 2.24) is 9.80 Å². The topological polar surface area (TPSA) is 60.9 Å². The molecule has 1 aromatic carbocycles. The van der Waals surface area contributed by atoms with Gasteiger partial charge in [0, 0.05) is 44.2 Å². The zero-order valence-electron chi connectivity index (χ0n) is 14.1. The predicted molar refractivity (Wildman–Crippen MR) is 97.0 cm³/mol. The van der Waals surface area contributed by atoms with Crippen LogP contribution < -0.4 is 4.31 Å². The summed E-state index contributed by atoms with van der Waals surface area (Å²) < 4.78 is 25.4. The van der Waals surface area contributed by atoms with E-state index in [2.05, 4.69) is 4.90 Å². The molecular weight excluding hydrogens is 350 g/mol. The first-order valence-electron chi connectivity index (χ1n) is 7.97. The van der Waals surface area contributed by atoms with Gasteiger partial charge in [-0.1, -0.05) is 17.7 Å². The van der Waals surface area contributed by atoms with E-state index in [9.17, 15) is 13.2 Å². The molecule has 0 N–H and O–H groups in total. The molecule has 1 heterocycles. The average Bonchev–Trinajstić information content (AvgIpc) is 2.50. The molecule has 0 aromatic heterocycles. The highest BCUT2D eigenvalue weighted by molar-refractivity contribution is 7.92. The summed E-state index contributed by atoms with van der Waals surface area (Å²) >= 11 is 5.95.